The van der Waals surface area contributed by atoms with E-state index in [4.69, 9.17) is 0 Å². The molecule has 0 aliphatic carbocycles. The van der Waals surface area contributed by atoms with Crippen LogP contribution < -0.4 is 10.6 Å². The number of hydrogen-bond acceptors (Lipinski definition) is 3. The number of pyridine rings is 1. The van der Waals surface area contributed by atoms with Gasteiger partial charge >= 0.3 is 6.03 Å². The van der Waals surface area contributed by atoms with Crippen LogP contribution in [0.5, 0.6) is 0 Å². The van der Waals surface area contributed by atoms with E-state index in [-0.39, 0.29) is 6.03 Å². The van der Waals surface area contributed by atoms with Crippen molar-refractivity contribution >= 4 is 17.4 Å². The number of imidazole rings is 1. The molecule has 100 valence electrons. The van der Waals surface area contributed by atoms with Gasteiger partial charge in [0.2, 0.25) is 0 Å². The maximum absolute atomic E-state index is 12.2. The summed E-state index contributed by atoms with van der Waals surface area (Å²) in [5.41, 5.74) is 1.61. The van der Waals surface area contributed by atoms with Crippen molar-refractivity contribution in [3.63, 3.8) is 0 Å². The third-order valence-electron chi connectivity index (χ3n) is 3.28. The maximum Gasteiger partial charge on any atom is 0.321 e. The molecule has 2 N–H and O–H groups in total. The van der Waals surface area contributed by atoms with Gasteiger partial charge in [-0.3, -0.25) is 0 Å². The fraction of sp³-hybridized carbons (Fsp3) is 0.385. The highest BCUT2D eigenvalue weighted by Gasteiger charge is 2.15. The summed E-state index contributed by atoms with van der Waals surface area (Å²) in [6.07, 6.45) is 6.50. The molecule has 0 saturated carbocycles. The molecule has 0 radical (unpaired) electrons. The van der Waals surface area contributed by atoms with E-state index in [1.165, 1.54) is 0 Å². The van der Waals surface area contributed by atoms with Crippen LogP contribution in [0, 0.1) is 0 Å². The molecule has 0 aromatic carbocycles. The van der Waals surface area contributed by atoms with E-state index in [1.54, 1.807) is 6.20 Å². The molecule has 3 rings (SSSR count). The Morgan fingerprint density at radius 3 is 3.21 bits per heavy atom. The molecule has 1 saturated heterocycles. The molecule has 2 aromatic rings. The van der Waals surface area contributed by atoms with Gasteiger partial charge in [-0.1, -0.05) is 0 Å². The quantitative estimate of drug-likeness (QED) is 0.808. The number of rotatable bonds is 1. The number of fused-ring (bicyclic) bond motifs is 1. The molecule has 1 aliphatic heterocycles. The topological polar surface area (TPSA) is 61.7 Å². The van der Waals surface area contributed by atoms with E-state index in [1.807, 2.05) is 33.8 Å². The lowest BCUT2D eigenvalue weighted by Crippen LogP contribution is -2.37. The fourth-order valence-electron chi connectivity index (χ4n) is 2.24. The van der Waals surface area contributed by atoms with Crippen LogP contribution in [0.15, 0.2) is 30.7 Å². The van der Waals surface area contributed by atoms with Crippen molar-refractivity contribution in [1.82, 2.24) is 19.6 Å². The Hall–Kier alpha value is -2.08. The summed E-state index contributed by atoms with van der Waals surface area (Å²) >= 11 is 0. The van der Waals surface area contributed by atoms with Crippen LogP contribution in [0.1, 0.15) is 6.42 Å². The zero-order valence-electron chi connectivity index (χ0n) is 10.7. The zero-order chi connectivity index (χ0) is 13.1. The molecular formula is C13H17N5O. The first-order chi connectivity index (χ1) is 9.33. The van der Waals surface area contributed by atoms with Gasteiger partial charge in [-0.05, 0) is 19.0 Å². The van der Waals surface area contributed by atoms with E-state index in [9.17, 15) is 4.79 Å². The molecule has 0 unspecified atom stereocenters. The number of anilines is 1. The van der Waals surface area contributed by atoms with Gasteiger partial charge in [0.1, 0.15) is 5.65 Å². The lowest BCUT2D eigenvalue weighted by Gasteiger charge is -2.20. The summed E-state index contributed by atoms with van der Waals surface area (Å²) in [6, 6.07) is 3.70. The number of hydrogen-bond donors (Lipinski definition) is 2. The Kier molecular flexibility index (Phi) is 3.33. The molecule has 6 heteroatoms. The second-order valence-corrected chi connectivity index (χ2v) is 4.63. The van der Waals surface area contributed by atoms with Gasteiger partial charge in [0, 0.05) is 50.0 Å². The van der Waals surface area contributed by atoms with Gasteiger partial charge < -0.3 is 19.9 Å². The van der Waals surface area contributed by atoms with Gasteiger partial charge in [-0.25, -0.2) is 9.78 Å². The molecule has 19 heavy (non-hydrogen) atoms. The molecule has 2 amide bonds. The molecule has 2 aromatic heterocycles. The Labute approximate surface area is 111 Å². The molecule has 1 fully saturated rings. The predicted octanol–water partition coefficient (Wildman–Crippen LogP) is 1.16. The number of carbonyl (C=O) groups excluding carboxylic acids is 1. The summed E-state index contributed by atoms with van der Waals surface area (Å²) in [6.45, 7) is 3.37. The maximum atomic E-state index is 12.2. The van der Waals surface area contributed by atoms with Crippen LogP contribution >= 0.6 is 0 Å². The molecule has 3 heterocycles. The SMILES string of the molecule is O=C(Nc1ccn2ccnc2c1)N1CCCNCC1. The molecule has 0 spiro atoms. The normalized spacial score (nSPS) is 16.3. The number of nitrogens with one attached hydrogen (secondary N) is 2. The van der Waals surface area contributed by atoms with Crippen LogP contribution in [0.2, 0.25) is 0 Å². The summed E-state index contributed by atoms with van der Waals surface area (Å²) in [4.78, 5) is 18.2. The van der Waals surface area contributed by atoms with E-state index < -0.39 is 0 Å². The molecule has 6 nitrogen and oxygen atoms in total. The minimum Gasteiger partial charge on any atom is -0.323 e. The van der Waals surface area contributed by atoms with Gasteiger partial charge in [-0.15, -0.1) is 0 Å². The van der Waals surface area contributed by atoms with E-state index >= 15 is 0 Å². The van der Waals surface area contributed by atoms with E-state index in [2.05, 4.69) is 15.6 Å². The molecule has 0 bridgehead atoms. The van der Waals surface area contributed by atoms with E-state index in [0.717, 1.165) is 43.9 Å². The summed E-state index contributed by atoms with van der Waals surface area (Å²) < 4.78 is 1.91. The predicted molar refractivity (Wildman–Crippen MR) is 73.3 cm³/mol. The highest BCUT2D eigenvalue weighted by molar-refractivity contribution is 5.89. The Morgan fingerprint density at radius 1 is 1.32 bits per heavy atom. The van der Waals surface area contributed by atoms with Crippen LogP contribution in [0.4, 0.5) is 10.5 Å². The minimum atomic E-state index is -0.0420. The van der Waals surface area contributed by atoms with Crippen LogP contribution in [-0.2, 0) is 0 Å². The van der Waals surface area contributed by atoms with Crippen molar-refractivity contribution < 1.29 is 4.79 Å². The average molecular weight is 259 g/mol. The number of carbonyl (C=O) groups is 1. The summed E-state index contributed by atoms with van der Waals surface area (Å²) in [7, 11) is 0. The second kappa shape index (κ2) is 5.27. The summed E-state index contributed by atoms with van der Waals surface area (Å²) in [5, 5.41) is 6.21. The lowest BCUT2D eigenvalue weighted by atomic mass is 10.4. The third kappa shape index (κ3) is 2.68. The highest BCUT2D eigenvalue weighted by atomic mass is 16.2. The monoisotopic (exact) mass is 259 g/mol. The van der Waals surface area contributed by atoms with Crippen LogP contribution in [0.25, 0.3) is 5.65 Å². The standard InChI is InChI=1S/C13H17N5O/c19-13(18-6-1-3-14-4-8-18)16-11-2-7-17-9-5-15-12(17)10-11/h2,5,7,9-10,14H,1,3-4,6,8H2,(H,16,19). The Bertz CT molecular complexity index is 571. The number of nitrogens with zero attached hydrogens (tertiary/aromatic N) is 3. The van der Waals surface area contributed by atoms with Gasteiger partial charge in [-0.2, -0.15) is 0 Å². The van der Waals surface area contributed by atoms with Crippen LogP contribution in [0.3, 0.4) is 0 Å². The van der Waals surface area contributed by atoms with Crippen molar-refractivity contribution in [2.75, 3.05) is 31.5 Å². The minimum absolute atomic E-state index is 0.0420. The Morgan fingerprint density at radius 2 is 2.26 bits per heavy atom. The number of urea groups is 1. The fourth-order valence-corrected chi connectivity index (χ4v) is 2.24. The zero-order valence-corrected chi connectivity index (χ0v) is 10.7. The van der Waals surface area contributed by atoms with Gasteiger partial charge in [0.05, 0.1) is 0 Å². The lowest BCUT2D eigenvalue weighted by molar-refractivity contribution is 0.215. The molecule has 0 atom stereocenters. The Balaban J connectivity index is 1.70. The largest absolute Gasteiger partial charge is 0.323 e. The van der Waals surface area contributed by atoms with Gasteiger partial charge in [0.15, 0.2) is 0 Å². The number of aromatic nitrogens is 2. The van der Waals surface area contributed by atoms with Crippen LogP contribution in [-0.4, -0.2) is 46.5 Å². The molecular weight excluding hydrogens is 242 g/mol. The first-order valence-corrected chi connectivity index (χ1v) is 6.52. The van der Waals surface area contributed by atoms with Crippen molar-refractivity contribution in [3.8, 4) is 0 Å². The van der Waals surface area contributed by atoms with Crippen molar-refractivity contribution in [2.24, 2.45) is 0 Å². The smallest absolute Gasteiger partial charge is 0.321 e. The van der Waals surface area contributed by atoms with Crippen molar-refractivity contribution in [3.05, 3.63) is 30.7 Å². The number of amides is 2. The third-order valence-corrected chi connectivity index (χ3v) is 3.28. The van der Waals surface area contributed by atoms with Gasteiger partial charge in [0.25, 0.3) is 0 Å². The first-order valence-electron chi connectivity index (χ1n) is 6.52. The highest BCUT2D eigenvalue weighted by Crippen LogP contribution is 2.11. The van der Waals surface area contributed by atoms with Crippen molar-refractivity contribution in [2.45, 2.75) is 6.42 Å². The van der Waals surface area contributed by atoms with E-state index in [0.29, 0.717) is 0 Å². The molecule has 1 aliphatic rings. The summed E-state index contributed by atoms with van der Waals surface area (Å²) in [5.74, 6) is 0. The first kappa shape index (κ1) is 12.0. The average Bonchev–Trinajstić information content (AvgIpc) is 2.71. The van der Waals surface area contributed by atoms with Crippen molar-refractivity contribution in [1.29, 1.82) is 0 Å². The second-order valence-electron chi connectivity index (χ2n) is 4.63.